The predicted octanol–water partition coefficient (Wildman–Crippen LogP) is 0.749. The Hall–Kier alpha value is -1.73. The molecule has 4 rings (SSSR count). The highest BCUT2D eigenvalue weighted by Crippen LogP contribution is 2.21. The minimum absolute atomic E-state index is 0.0321. The zero-order valence-corrected chi connectivity index (χ0v) is 17.3. The smallest absolute Gasteiger partial charge is 0.267 e. The Kier molecular flexibility index (Phi) is 5.83. The molecule has 0 saturated carbocycles. The first-order valence-electron chi connectivity index (χ1n) is 10.9. The Bertz CT molecular complexity index is 767. The van der Waals surface area contributed by atoms with E-state index in [0.717, 1.165) is 69.8 Å². The average molecular weight is 388 g/mol. The van der Waals surface area contributed by atoms with E-state index in [4.69, 9.17) is 0 Å². The van der Waals surface area contributed by atoms with E-state index in [1.54, 1.807) is 10.7 Å². The highest BCUT2D eigenvalue weighted by molar-refractivity contribution is 5.84. The van der Waals surface area contributed by atoms with Gasteiger partial charge in [-0.3, -0.25) is 19.4 Å². The quantitative estimate of drug-likeness (QED) is 0.746. The minimum atomic E-state index is 0.0321. The number of hydrogen-bond donors (Lipinski definition) is 0. The van der Waals surface area contributed by atoms with Gasteiger partial charge in [0.15, 0.2) is 0 Å². The summed E-state index contributed by atoms with van der Waals surface area (Å²) >= 11 is 0. The molecule has 1 aromatic rings. The van der Waals surface area contributed by atoms with E-state index in [2.05, 4.69) is 28.7 Å². The van der Waals surface area contributed by atoms with E-state index >= 15 is 0 Å². The van der Waals surface area contributed by atoms with Crippen molar-refractivity contribution in [2.45, 2.75) is 64.6 Å². The summed E-state index contributed by atoms with van der Waals surface area (Å²) < 4.78 is 1.65. The van der Waals surface area contributed by atoms with Gasteiger partial charge in [0.25, 0.3) is 5.56 Å². The van der Waals surface area contributed by atoms with Crippen LogP contribution in [0, 0.1) is 0 Å². The SMILES string of the molecule is CC(C)N1CCC(N2CCN(CCn3nc4c(cc3=O)CCCC4)CC2)C1=O. The minimum Gasteiger partial charge on any atom is -0.339 e. The van der Waals surface area contributed by atoms with Gasteiger partial charge < -0.3 is 4.90 Å². The monoisotopic (exact) mass is 387 g/mol. The van der Waals surface area contributed by atoms with Crippen molar-refractivity contribution in [3.05, 3.63) is 27.7 Å². The lowest BCUT2D eigenvalue weighted by atomic mass is 9.97. The Morgan fingerprint density at radius 1 is 1.04 bits per heavy atom. The number of amides is 1. The zero-order valence-electron chi connectivity index (χ0n) is 17.3. The first-order chi connectivity index (χ1) is 13.5. The Morgan fingerprint density at radius 3 is 2.50 bits per heavy atom. The number of hydrogen-bond acceptors (Lipinski definition) is 5. The molecule has 154 valence electrons. The van der Waals surface area contributed by atoms with Crippen LogP contribution in [-0.2, 0) is 24.2 Å². The summed E-state index contributed by atoms with van der Waals surface area (Å²) in [5.74, 6) is 0.299. The second kappa shape index (κ2) is 8.33. The predicted molar refractivity (Wildman–Crippen MR) is 108 cm³/mol. The molecule has 0 radical (unpaired) electrons. The number of aryl methyl sites for hydroxylation is 2. The first-order valence-corrected chi connectivity index (χ1v) is 10.9. The van der Waals surface area contributed by atoms with Gasteiger partial charge in [-0.25, -0.2) is 4.68 Å². The molecule has 1 aliphatic carbocycles. The van der Waals surface area contributed by atoms with Gasteiger partial charge in [0, 0.05) is 51.4 Å². The largest absolute Gasteiger partial charge is 0.339 e. The van der Waals surface area contributed by atoms with Crippen molar-refractivity contribution in [1.29, 1.82) is 0 Å². The molecule has 3 aliphatic rings. The number of carbonyl (C=O) groups is 1. The molecule has 0 N–H and O–H groups in total. The van der Waals surface area contributed by atoms with Gasteiger partial charge in [-0.2, -0.15) is 5.10 Å². The molecule has 3 heterocycles. The standard InChI is InChI=1S/C21H33N5O2/c1-16(2)25-8-7-19(21(25)28)24-12-9-23(10-13-24)11-14-26-20(27)15-17-5-3-4-6-18(17)22-26/h15-16,19H,3-14H2,1-2H3. The third-order valence-corrected chi connectivity index (χ3v) is 6.58. The molecule has 2 aliphatic heterocycles. The van der Waals surface area contributed by atoms with Crippen molar-refractivity contribution in [2.75, 3.05) is 39.3 Å². The van der Waals surface area contributed by atoms with E-state index in [9.17, 15) is 9.59 Å². The fourth-order valence-electron chi connectivity index (χ4n) is 4.83. The maximum absolute atomic E-state index is 12.6. The van der Waals surface area contributed by atoms with Crippen LogP contribution < -0.4 is 5.56 Å². The molecule has 0 aromatic carbocycles. The summed E-state index contributed by atoms with van der Waals surface area (Å²) in [6.45, 7) is 10.3. The van der Waals surface area contributed by atoms with Crippen LogP contribution in [0.4, 0.5) is 0 Å². The van der Waals surface area contributed by atoms with Crippen molar-refractivity contribution in [2.24, 2.45) is 0 Å². The number of carbonyl (C=O) groups excluding carboxylic acids is 1. The van der Waals surface area contributed by atoms with Crippen molar-refractivity contribution >= 4 is 5.91 Å². The number of rotatable bonds is 5. The van der Waals surface area contributed by atoms with Crippen LogP contribution in [0.15, 0.2) is 10.9 Å². The third-order valence-electron chi connectivity index (χ3n) is 6.58. The van der Waals surface area contributed by atoms with E-state index in [1.807, 2.05) is 4.90 Å². The molecule has 28 heavy (non-hydrogen) atoms. The van der Waals surface area contributed by atoms with Gasteiger partial charge in [-0.05, 0) is 51.5 Å². The molecule has 7 nitrogen and oxygen atoms in total. The summed E-state index contributed by atoms with van der Waals surface area (Å²) in [7, 11) is 0. The summed E-state index contributed by atoms with van der Waals surface area (Å²) in [5, 5.41) is 4.63. The molecule has 2 saturated heterocycles. The van der Waals surface area contributed by atoms with Gasteiger partial charge in [0.05, 0.1) is 18.3 Å². The average Bonchev–Trinajstić information content (AvgIpc) is 3.08. The van der Waals surface area contributed by atoms with Crippen LogP contribution >= 0.6 is 0 Å². The van der Waals surface area contributed by atoms with Crippen molar-refractivity contribution in [3.63, 3.8) is 0 Å². The Labute approximate surface area is 167 Å². The molecule has 0 bridgehead atoms. The van der Waals surface area contributed by atoms with Gasteiger partial charge in [-0.1, -0.05) is 0 Å². The normalized spacial score (nSPS) is 24.2. The highest BCUT2D eigenvalue weighted by atomic mass is 16.2. The second-order valence-electron chi connectivity index (χ2n) is 8.69. The molecule has 7 heteroatoms. The number of aromatic nitrogens is 2. The van der Waals surface area contributed by atoms with Crippen LogP contribution in [0.5, 0.6) is 0 Å². The fraction of sp³-hybridized carbons (Fsp3) is 0.762. The van der Waals surface area contributed by atoms with E-state index in [-0.39, 0.29) is 11.6 Å². The lowest BCUT2D eigenvalue weighted by Gasteiger charge is -2.37. The first kappa shape index (κ1) is 19.6. The van der Waals surface area contributed by atoms with Crippen molar-refractivity contribution in [3.8, 4) is 0 Å². The molecule has 1 aromatic heterocycles. The summed E-state index contributed by atoms with van der Waals surface area (Å²) in [6.07, 6.45) is 5.28. The van der Waals surface area contributed by atoms with Crippen LogP contribution in [0.1, 0.15) is 44.4 Å². The van der Waals surface area contributed by atoms with Crippen LogP contribution in [0.3, 0.4) is 0 Å². The molecular formula is C21H33N5O2. The molecule has 1 atom stereocenters. The zero-order chi connectivity index (χ0) is 19.7. The van der Waals surface area contributed by atoms with Gasteiger partial charge in [0.1, 0.15) is 0 Å². The van der Waals surface area contributed by atoms with Crippen molar-refractivity contribution < 1.29 is 4.79 Å². The number of fused-ring (bicyclic) bond motifs is 1. The van der Waals surface area contributed by atoms with Crippen LogP contribution in [0.2, 0.25) is 0 Å². The topological polar surface area (TPSA) is 61.7 Å². The molecule has 0 spiro atoms. The fourth-order valence-corrected chi connectivity index (χ4v) is 4.83. The maximum atomic E-state index is 12.6. The molecular weight excluding hydrogens is 354 g/mol. The maximum Gasteiger partial charge on any atom is 0.267 e. The summed E-state index contributed by atoms with van der Waals surface area (Å²) in [6, 6.07) is 2.15. The molecule has 2 fully saturated rings. The lowest BCUT2D eigenvalue weighted by Crippen LogP contribution is -2.53. The van der Waals surface area contributed by atoms with Crippen LogP contribution in [-0.4, -0.2) is 81.7 Å². The lowest BCUT2D eigenvalue weighted by molar-refractivity contribution is -0.134. The van der Waals surface area contributed by atoms with E-state index < -0.39 is 0 Å². The van der Waals surface area contributed by atoms with Gasteiger partial charge in [0.2, 0.25) is 5.91 Å². The van der Waals surface area contributed by atoms with Gasteiger partial charge >= 0.3 is 0 Å². The van der Waals surface area contributed by atoms with E-state index in [0.29, 0.717) is 18.5 Å². The van der Waals surface area contributed by atoms with Crippen LogP contribution in [0.25, 0.3) is 0 Å². The third kappa shape index (κ3) is 4.01. The highest BCUT2D eigenvalue weighted by Gasteiger charge is 2.37. The number of likely N-dealkylation sites (tertiary alicyclic amines) is 1. The van der Waals surface area contributed by atoms with Gasteiger partial charge in [-0.15, -0.1) is 0 Å². The van der Waals surface area contributed by atoms with Crippen molar-refractivity contribution in [1.82, 2.24) is 24.5 Å². The van der Waals surface area contributed by atoms with E-state index in [1.165, 1.54) is 12.8 Å². The Balaban J connectivity index is 1.29. The number of piperazine rings is 1. The molecule has 1 unspecified atom stereocenters. The summed E-state index contributed by atoms with van der Waals surface area (Å²) in [4.78, 5) is 31.7. The Morgan fingerprint density at radius 2 is 1.79 bits per heavy atom. The number of nitrogens with zero attached hydrogens (tertiary/aromatic N) is 5. The second-order valence-corrected chi connectivity index (χ2v) is 8.69. The molecule has 1 amide bonds. The summed E-state index contributed by atoms with van der Waals surface area (Å²) in [5.41, 5.74) is 2.30.